The van der Waals surface area contributed by atoms with Gasteiger partial charge in [0.05, 0.1) is 25.6 Å². The second-order valence-electron chi connectivity index (χ2n) is 15.0. The summed E-state index contributed by atoms with van der Waals surface area (Å²) in [6.07, 6.45) is -0.331. The number of anilines is 2. The van der Waals surface area contributed by atoms with E-state index in [0.717, 1.165) is 88.2 Å². The van der Waals surface area contributed by atoms with Gasteiger partial charge in [-0.3, -0.25) is 14.7 Å². The largest absolute Gasteiger partial charge is 0.495 e. The predicted molar refractivity (Wildman–Crippen MR) is 199 cm³/mol. The van der Waals surface area contributed by atoms with Crippen LogP contribution in [0.5, 0.6) is 11.5 Å². The number of hydrogen-bond acceptors (Lipinski definition) is 10. The van der Waals surface area contributed by atoms with Gasteiger partial charge >= 0.3 is 12.2 Å². The predicted octanol–water partition coefficient (Wildman–Crippen LogP) is 5.52. The van der Waals surface area contributed by atoms with Gasteiger partial charge in [0.1, 0.15) is 28.9 Å². The summed E-state index contributed by atoms with van der Waals surface area (Å²) in [7, 11) is 3.41. The number of piperazine rings is 2. The molecule has 2 fully saturated rings. The summed E-state index contributed by atoms with van der Waals surface area (Å²) in [6, 6.07) is 16.2. The molecule has 0 aliphatic carbocycles. The topological polar surface area (TPSA) is 99.3 Å². The molecule has 1 unspecified atom stereocenters. The minimum absolute atomic E-state index is 0.434. The molecule has 2 saturated heterocycles. The zero-order valence-electron chi connectivity index (χ0n) is 31.6. The highest BCUT2D eigenvalue weighted by molar-refractivity contribution is 5.71. The van der Waals surface area contributed by atoms with Crippen LogP contribution < -0.4 is 24.6 Å². The summed E-state index contributed by atoms with van der Waals surface area (Å²) in [5.41, 5.74) is 0.848. The average Bonchev–Trinajstić information content (AvgIpc) is 3.07. The third kappa shape index (κ3) is 11.9. The molecule has 2 aliphatic rings. The van der Waals surface area contributed by atoms with E-state index in [0.29, 0.717) is 19.5 Å². The smallest absolute Gasteiger partial charge is 0.411 e. The second-order valence-corrected chi connectivity index (χ2v) is 15.0. The minimum Gasteiger partial charge on any atom is -0.495 e. The molecule has 0 aromatic heterocycles. The first-order chi connectivity index (χ1) is 23.8. The van der Waals surface area contributed by atoms with E-state index in [-0.39, 0.29) is 0 Å². The molecule has 50 heavy (non-hydrogen) atoms. The van der Waals surface area contributed by atoms with Gasteiger partial charge in [-0.1, -0.05) is 24.3 Å². The van der Waals surface area contributed by atoms with Gasteiger partial charge in [0.15, 0.2) is 0 Å². The normalized spacial score (nSPS) is 16.8. The Morgan fingerprint density at radius 1 is 0.700 bits per heavy atom. The molecule has 12 nitrogen and oxygen atoms in total. The number of alkyl carbamates (subject to hydrolysis) is 1. The number of rotatable bonds is 13. The van der Waals surface area contributed by atoms with Crippen molar-refractivity contribution < 1.29 is 28.5 Å². The van der Waals surface area contributed by atoms with Crippen LogP contribution in [0.15, 0.2) is 48.5 Å². The number of methoxy groups -OCH3 is 2. The van der Waals surface area contributed by atoms with Gasteiger partial charge in [0.2, 0.25) is 0 Å². The van der Waals surface area contributed by atoms with Crippen molar-refractivity contribution >= 4 is 23.6 Å². The van der Waals surface area contributed by atoms with E-state index >= 15 is 0 Å². The van der Waals surface area contributed by atoms with Gasteiger partial charge in [-0.15, -0.1) is 0 Å². The summed E-state index contributed by atoms with van der Waals surface area (Å²) in [4.78, 5) is 38.1. The van der Waals surface area contributed by atoms with E-state index in [9.17, 15) is 9.59 Å². The van der Waals surface area contributed by atoms with Gasteiger partial charge in [0.25, 0.3) is 0 Å². The Labute approximate surface area is 299 Å². The summed E-state index contributed by atoms with van der Waals surface area (Å²) in [5.74, 6) is 1.75. The zero-order valence-corrected chi connectivity index (χ0v) is 31.6. The van der Waals surface area contributed by atoms with Crippen molar-refractivity contribution in [3.8, 4) is 11.5 Å². The Morgan fingerprint density at radius 3 is 1.62 bits per heavy atom. The fourth-order valence-corrected chi connectivity index (χ4v) is 6.42. The third-order valence-electron chi connectivity index (χ3n) is 8.88. The number of carbonyl (C=O) groups is 2. The van der Waals surface area contributed by atoms with Crippen LogP contribution in [0, 0.1) is 0 Å². The summed E-state index contributed by atoms with van der Waals surface area (Å²) in [6.45, 7) is 20.1. The molecule has 0 radical (unpaired) electrons. The number of carbonyl (C=O) groups excluding carboxylic acids is 2. The first-order valence-electron chi connectivity index (χ1n) is 18.0. The monoisotopic (exact) mass is 696 g/mol. The summed E-state index contributed by atoms with van der Waals surface area (Å²) < 4.78 is 22.7. The lowest BCUT2D eigenvalue weighted by molar-refractivity contribution is 0.00506. The van der Waals surface area contributed by atoms with Crippen molar-refractivity contribution in [3.05, 3.63) is 48.5 Å². The van der Waals surface area contributed by atoms with Gasteiger partial charge in [-0.05, 0) is 85.2 Å². The van der Waals surface area contributed by atoms with Crippen molar-refractivity contribution in [2.75, 3.05) is 96.0 Å². The maximum absolute atomic E-state index is 13.8. The molecule has 2 amide bonds. The van der Waals surface area contributed by atoms with Crippen LogP contribution in [0.1, 0.15) is 54.4 Å². The molecule has 278 valence electrons. The van der Waals surface area contributed by atoms with Crippen molar-refractivity contribution in [2.24, 2.45) is 0 Å². The van der Waals surface area contributed by atoms with Crippen LogP contribution >= 0.6 is 0 Å². The fourth-order valence-electron chi connectivity index (χ4n) is 6.42. The van der Waals surface area contributed by atoms with Crippen LogP contribution in [-0.4, -0.2) is 130 Å². The highest BCUT2D eigenvalue weighted by Gasteiger charge is 2.32. The molecule has 0 spiro atoms. The molecular formula is C38H60N6O6. The highest BCUT2D eigenvalue weighted by Crippen LogP contribution is 2.29. The minimum atomic E-state index is -0.685. The number of nitrogens with one attached hydrogen (secondary N) is 1. The molecule has 2 aliphatic heterocycles. The van der Waals surface area contributed by atoms with E-state index in [1.54, 1.807) is 19.1 Å². The number of para-hydroxylation sites is 4. The lowest BCUT2D eigenvalue weighted by atomic mass is 10.2. The first kappa shape index (κ1) is 38.9. The highest BCUT2D eigenvalue weighted by atomic mass is 16.6. The van der Waals surface area contributed by atoms with Gasteiger partial charge in [-0.25, -0.2) is 9.59 Å². The van der Waals surface area contributed by atoms with E-state index in [1.165, 1.54) is 0 Å². The Kier molecular flexibility index (Phi) is 13.9. The van der Waals surface area contributed by atoms with Gasteiger partial charge in [0, 0.05) is 65.4 Å². The van der Waals surface area contributed by atoms with Crippen LogP contribution in [0.25, 0.3) is 0 Å². The molecule has 12 heteroatoms. The SMILES string of the molecule is COc1ccccc1N1CCN(CCCN(C(=O)OC(C)(C)C)C(CCN2CCN(c3ccccc3OC)CC2)NC(=O)OC(C)(C)C)CC1. The van der Waals surface area contributed by atoms with E-state index < -0.39 is 29.6 Å². The molecule has 2 heterocycles. The number of amides is 2. The fraction of sp³-hybridized carbons (Fsp3) is 0.632. The van der Waals surface area contributed by atoms with Crippen LogP contribution in [0.3, 0.4) is 0 Å². The Morgan fingerprint density at radius 2 is 1.16 bits per heavy atom. The van der Waals surface area contributed by atoms with Gasteiger partial charge in [-0.2, -0.15) is 0 Å². The lowest BCUT2D eigenvalue weighted by Crippen LogP contribution is -2.55. The Hall–Kier alpha value is -3.90. The second kappa shape index (κ2) is 17.8. The molecule has 1 atom stereocenters. The number of hydrogen-bond donors (Lipinski definition) is 1. The summed E-state index contributed by atoms with van der Waals surface area (Å²) in [5, 5.41) is 3.03. The quantitative estimate of drug-likeness (QED) is 0.270. The van der Waals surface area contributed by atoms with E-state index in [4.69, 9.17) is 18.9 Å². The first-order valence-corrected chi connectivity index (χ1v) is 18.0. The van der Waals surface area contributed by atoms with Crippen LogP contribution in [-0.2, 0) is 9.47 Å². The zero-order chi connectivity index (χ0) is 36.3. The van der Waals surface area contributed by atoms with Crippen molar-refractivity contribution in [1.29, 1.82) is 0 Å². The number of nitrogens with zero attached hydrogens (tertiary/aromatic N) is 5. The Balaban J connectivity index is 1.40. The van der Waals surface area contributed by atoms with Crippen molar-refractivity contribution in [1.82, 2.24) is 20.0 Å². The number of ether oxygens (including phenoxy) is 4. The Bertz CT molecular complexity index is 1360. The molecule has 2 aromatic carbocycles. The summed E-state index contributed by atoms with van der Waals surface area (Å²) >= 11 is 0. The molecule has 1 N–H and O–H groups in total. The van der Waals surface area contributed by atoms with Crippen molar-refractivity contribution in [3.63, 3.8) is 0 Å². The average molecular weight is 697 g/mol. The van der Waals surface area contributed by atoms with E-state index in [1.807, 2.05) is 77.9 Å². The van der Waals surface area contributed by atoms with Crippen LogP contribution in [0.4, 0.5) is 21.0 Å². The van der Waals surface area contributed by atoms with Crippen LogP contribution in [0.2, 0.25) is 0 Å². The maximum Gasteiger partial charge on any atom is 0.411 e. The lowest BCUT2D eigenvalue weighted by Gasteiger charge is -2.39. The molecule has 0 bridgehead atoms. The molecule has 2 aromatic rings. The molecule has 4 rings (SSSR count). The standard InChI is InChI=1S/C38H60N6O6/c1-37(2,3)49-35(45)39-34(18-21-41-24-28-43(29-25-41)31-15-10-12-17-33(31)48-8)44(36(46)50-38(4,5)6)20-13-19-40-22-26-42(27-23-40)30-14-9-11-16-32(30)47-7/h9-12,14-17,34H,13,18-29H2,1-8H3,(H,39,45). The molecule has 0 saturated carbocycles. The maximum atomic E-state index is 13.8. The third-order valence-corrected chi connectivity index (χ3v) is 8.88. The van der Waals surface area contributed by atoms with Gasteiger partial charge < -0.3 is 34.1 Å². The molecular weight excluding hydrogens is 636 g/mol. The van der Waals surface area contributed by atoms with Crippen molar-refractivity contribution in [2.45, 2.75) is 71.8 Å². The number of benzene rings is 2. The van der Waals surface area contributed by atoms with E-state index in [2.05, 4.69) is 37.0 Å².